The number of phenolic OH excluding ortho intramolecular Hbond substituents is 1. The lowest BCUT2D eigenvalue weighted by Crippen LogP contribution is -2.27. The average Bonchev–Trinajstić information content (AvgIpc) is 2.34. The van der Waals surface area contributed by atoms with E-state index in [1.807, 2.05) is 6.07 Å². The fourth-order valence-electron chi connectivity index (χ4n) is 1.20. The third kappa shape index (κ3) is 3.97. The summed E-state index contributed by atoms with van der Waals surface area (Å²) in [5, 5.41) is 20.6. The van der Waals surface area contributed by atoms with E-state index in [9.17, 15) is 4.79 Å². The van der Waals surface area contributed by atoms with Gasteiger partial charge in [0.2, 0.25) is 5.91 Å². The first-order chi connectivity index (χ1) is 8.17. The summed E-state index contributed by atoms with van der Waals surface area (Å²) in [4.78, 5) is 11.4. The van der Waals surface area contributed by atoms with Crippen LogP contribution in [0, 0.1) is 11.3 Å². The van der Waals surface area contributed by atoms with Gasteiger partial charge in [0.05, 0.1) is 11.6 Å². The highest BCUT2D eigenvalue weighted by atomic mass is 16.3. The second-order valence-corrected chi connectivity index (χ2v) is 3.30. The van der Waals surface area contributed by atoms with Crippen LogP contribution >= 0.6 is 0 Å². The van der Waals surface area contributed by atoms with Crippen LogP contribution in [0.2, 0.25) is 0 Å². The largest absolute Gasteiger partial charge is 0.508 e. The summed E-state index contributed by atoms with van der Waals surface area (Å²) in [5.41, 5.74) is 6.05. The molecule has 1 rings (SSSR count). The molecule has 5 nitrogen and oxygen atoms in total. The van der Waals surface area contributed by atoms with Gasteiger partial charge in [0.25, 0.3) is 0 Å². The van der Waals surface area contributed by atoms with Crippen molar-refractivity contribution < 1.29 is 9.90 Å². The Morgan fingerprint density at radius 1 is 1.47 bits per heavy atom. The lowest BCUT2D eigenvalue weighted by atomic mass is 10.1. The molecule has 0 saturated carbocycles. The Hall–Kier alpha value is -2.32. The van der Waals surface area contributed by atoms with Crippen LogP contribution in [0.15, 0.2) is 30.3 Å². The second-order valence-electron chi connectivity index (χ2n) is 3.30. The molecule has 4 N–H and O–H groups in total. The number of nitrogens with zero attached hydrogens (tertiary/aromatic N) is 1. The maximum atomic E-state index is 11.4. The molecule has 88 valence electrons. The molecule has 0 radical (unpaired) electrons. The van der Waals surface area contributed by atoms with Gasteiger partial charge in [-0.15, -0.1) is 0 Å². The number of phenols is 1. The molecule has 0 aliphatic heterocycles. The molecular weight excluding hydrogens is 218 g/mol. The third-order valence-electron chi connectivity index (χ3n) is 2.02. The number of nitrogens with two attached hydrogens (primary N) is 1. The van der Waals surface area contributed by atoms with E-state index in [0.29, 0.717) is 18.7 Å². The van der Waals surface area contributed by atoms with Gasteiger partial charge in [-0.05, 0) is 29.8 Å². The Kier molecular flexibility index (Phi) is 4.73. The molecule has 1 aromatic carbocycles. The molecule has 5 heteroatoms. The van der Waals surface area contributed by atoms with Crippen molar-refractivity contribution in [2.45, 2.75) is 0 Å². The van der Waals surface area contributed by atoms with Crippen molar-refractivity contribution in [3.8, 4) is 11.8 Å². The topological polar surface area (TPSA) is 99.1 Å². The Morgan fingerprint density at radius 3 is 2.65 bits per heavy atom. The number of nitriles is 1. The van der Waals surface area contributed by atoms with Gasteiger partial charge in [0.15, 0.2) is 0 Å². The lowest BCUT2D eigenvalue weighted by molar-refractivity contribution is -0.116. The zero-order valence-corrected chi connectivity index (χ0v) is 9.18. The average molecular weight is 231 g/mol. The number of hydrogen-bond acceptors (Lipinski definition) is 4. The van der Waals surface area contributed by atoms with Gasteiger partial charge in [0.1, 0.15) is 5.75 Å². The SMILES string of the molecule is N#CC(=CC(=O)NCCN)c1ccc(O)cc1. The number of benzene rings is 1. The molecule has 0 unspecified atom stereocenters. The van der Waals surface area contributed by atoms with E-state index in [4.69, 9.17) is 16.1 Å². The lowest BCUT2D eigenvalue weighted by Gasteiger charge is -2.01. The number of nitrogens with one attached hydrogen (secondary N) is 1. The summed E-state index contributed by atoms with van der Waals surface area (Å²) in [7, 11) is 0. The predicted molar refractivity (Wildman–Crippen MR) is 63.8 cm³/mol. The summed E-state index contributed by atoms with van der Waals surface area (Å²) in [6, 6.07) is 7.99. The van der Waals surface area contributed by atoms with Crippen LogP contribution in [-0.2, 0) is 4.79 Å². The molecule has 0 aliphatic rings. The Bertz CT molecular complexity index is 458. The van der Waals surface area contributed by atoms with Crippen molar-refractivity contribution in [1.29, 1.82) is 5.26 Å². The van der Waals surface area contributed by atoms with Crippen LogP contribution in [-0.4, -0.2) is 24.1 Å². The highest BCUT2D eigenvalue weighted by Gasteiger charge is 2.03. The van der Waals surface area contributed by atoms with Crippen molar-refractivity contribution in [2.24, 2.45) is 5.73 Å². The van der Waals surface area contributed by atoms with E-state index in [2.05, 4.69) is 5.32 Å². The highest BCUT2D eigenvalue weighted by molar-refractivity contribution is 5.98. The van der Waals surface area contributed by atoms with Gasteiger partial charge < -0.3 is 16.2 Å². The quantitative estimate of drug-likeness (QED) is 0.515. The van der Waals surface area contributed by atoms with Gasteiger partial charge in [-0.25, -0.2) is 0 Å². The van der Waals surface area contributed by atoms with Crippen molar-refractivity contribution in [2.75, 3.05) is 13.1 Å². The smallest absolute Gasteiger partial charge is 0.245 e. The maximum Gasteiger partial charge on any atom is 0.245 e. The van der Waals surface area contributed by atoms with E-state index >= 15 is 0 Å². The molecule has 0 aromatic heterocycles. The van der Waals surface area contributed by atoms with E-state index in [1.54, 1.807) is 12.1 Å². The number of hydrogen-bond donors (Lipinski definition) is 3. The zero-order chi connectivity index (χ0) is 12.7. The summed E-state index contributed by atoms with van der Waals surface area (Å²) in [5.74, 6) is -0.251. The fraction of sp³-hybridized carbons (Fsp3) is 0.167. The van der Waals surface area contributed by atoms with Crippen LogP contribution < -0.4 is 11.1 Å². The number of allylic oxidation sites excluding steroid dienone is 1. The van der Waals surface area contributed by atoms with Gasteiger partial charge in [-0.2, -0.15) is 5.26 Å². The van der Waals surface area contributed by atoms with Gasteiger partial charge >= 0.3 is 0 Å². The summed E-state index contributed by atoms with van der Waals surface area (Å²) in [6.45, 7) is 0.713. The van der Waals surface area contributed by atoms with Crippen molar-refractivity contribution in [3.05, 3.63) is 35.9 Å². The highest BCUT2D eigenvalue weighted by Crippen LogP contribution is 2.16. The summed E-state index contributed by atoms with van der Waals surface area (Å²) >= 11 is 0. The molecule has 1 aromatic rings. The number of rotatable bonds is 4. The van der Waals surface area contributed by atoms with Crippen LogP contribution in [0.1, 0.15) is 5.56 Å². The van der Waals surface area contributed by atoms with Crippen molar-refractivity contribution >= 4 is 11.5 Å². The Balaban J connectivity index is 2.85. The van der Waals surface area contributed by atoms with Crippen LogP contribution in [0.25, 0.3) is 5.57 Å². The molecule has 0 spiro atoms. The monoisotopic (exact) mass is 231 g/mol. The van der Waals surface area contributed by atoms with Crippen molar-refractivity contribution in [3.63, 3.8) is 0 Å². The van der Waals surface area contributed by atoms with E-state index in [1.165, 1.54) is 18.2 Å². The minimum atomic E-state index is -0.361. The first-order valence-electron chi connectivity index (χ1n) is 5.06. The summed E-state index contributed by atoms with van der Waals surface area (Å²) < 4.78 is 0. The van der Waals surface area contributed by atoms with E-state index in [0.717, 1.165) is 0 Å². The van der Waals surface area contributed by atoms with E-state index in [-0.39, 0.29) is 17.2 Å². The van der Waals surface area contributed by atoms with E-state index < -0.39 is 0 Å². The molecule has 17 heavy (non-hydrogen) atoms. The molecule has 1 amide bonds. The van der Waals surface area contributed by atoms with Gasteiger partial charge in [-0.1, -0.05) is 0 Å². The predicted octanol–water partition coefficient (Wildman–Crippen LogP) is 0.374. The summed E-state index contributed by atoms with van der Waals surface area (Å²) in [6.07, 6.45) is 1.21. The number of carbonyl (C=O) groups excluding carboxylic acids is 1. The Labute approximate surface area is 99.2 Å². The molecule has 0 aliphatic carbocycles. The number of amides is 1. The molecule has 0 heterocycles. The number of aromatic hydroxyl groups is 1. The standard InChI is InChI=1S/C12H13N3O2/c13-5-6-15-12(17)7-10(8-14)9-1-3-11(16)4-2-9/h1-4,7,16H,5-6,13H2,(H,15,17). The first-order valence-corrected chi connectivity index (χ1v) is 5.06. The molecule has 0 bridgehead atoms. The zero-order valence-electron chi connectivity index (χ0n) is 9.18. The minimum Gasteiger partial charge on any atom is -0.508 e. The van der Waals surface area contributed by atoms with Crippen molar-refractivity contribution in [1.82, 2.24) is 5.32 Å². The van der Waals surface area contributed by atoms with Gasteiger partial charge in [-0.3, -0.25) is 4.79 Å². The van der Waals surface area contributed by atoms with Crippen LogP contribution in [0.5, 0.6) is 5.75 Å². The number of carbonyl (C=O) groups is 1. The van der Waals surface area contributed by atoms with Crippen LogP contribution in [0.3, 0.4) is 0 Å². The van der Waals surface area contributed by atoms with Gasteiger partial charge in [0, 0.05) is 19.2 Å². The third-order valence-corrected chi connectivity index (χ3v) is 2.02. The van der Waals surface area contributed by atoms with Crippen LogP contribution in [0.4, 0.5) is 0 Å². The normalized spacial score (nSPS) is 10.7. The molecule has 0 fully saturated rings. The molecular formula is C12H13N3O2. The second kappa shape index (κ2) is 6.30. The minimum absolute atomic E-state index is 0.110. The molecule has 0 saturated heterocycles. The first kappa shape index (κ1) is 12.7. The Morgan fingerprint density at radius 2 is 2.12 bits per heavy atom. The maximum absolute atomic E-state index is 11.4. The fourth-order valence-corrected chi connectivity index (χ4v) is 1.20. The molecule has 0 atom stereocenters.